The Hall–Kier alpha value is -4.76. The maximum atomic E-state index is 14.7. The van der Waals surface area contributed by atoms with E-state index in [-0.39, 0.29) is 11.9 Å². The molecule has 48 heavy (non-hydrogen) atoms. The summed E-state index contributed by atoms with van der Waals surface area (Å²) in [5.74, 6) is -1.49. The van der Waals surface area contributed by atoms with E-state index in [1.54, 1.807) is 46.9 Å². The molecule has 1 aliphatic heterocycles. The van der Waals surface area contributed by atoms with Crippen LogP contribution in [-0.4, -0.2) is 37.2 Å². The predicted molar refractivity (Wildman–Crippen MR) is 191 cm³/mol. The average molecular weight is 719 g/mol. The van der Waals surface area contributed by atoms with Crippen LogP contribution in [-0.2, 0) is 30.3 Å². The number of ether oxygens (including phenoxy) is 4. The molecule has 0 saturated carbocycles. The van der Waals surface area contributed by atoms with Crippen LogP contribution < -0.4 is 0 Å². The molecule has 4 heterocycles. The van der Waals surface area contributed by atoms with E-state index >= 15 is 0 Å². The fourth-order valence-corrected chi connectivity index (χ4v) is 8.54. The van der Waals surface area contributed by atoms with E-state index in [2.05, 4.69) is 0 Å². The molecule has 0 amide bonds. The summed E-state index contributed by atoms with van der Waals surface area (Å²) in [4.78, 5) is 3.95. The van der Waals surface area contributed by atoms with Gasteiger partial charge in [-0.2, -0.15) is 26.3 Å². The third-order valence-corrected chi connectivity index (χ3v) is 10.9. The fourth-order valence-electron chi connectivity index (χ4n) is 5.30. The van der Waals surface area contributed by atoms with E-state index in [4.69, 9.17) is 36.4 Å². The highest BCUT2D eigenvalue weighted by Gasteiger charge is 2.28. The zero-order valence-corrected chi connectivity index (χ0v) is 29.0. The van der Waals surface area contributed by atoms with Gasteiger partial charge in [0.25, 0.3) is 0 Å². The number of hydrogen-bond donors (Lipinski definition) is 0. The van der Waals surface area contributed by atoms with Gasteiger partial charge >= 0.3 is 11.9 Å². The summed E-state index contributed by atoms with van der Waals surface area (Å²) < 4.78 is 68.2. The van der Waals surface area contributed by atoms with Crippen LogP contribution in [0.25, 0.3) is 64.4 Å². The Balaban J connectivity index is 1.23. The summed E-state index contributed by atoms with van der Waals surface area (Å²) in [6.07, 6.45) is 0. The molecule has 0 atom stereocenters. The first-order chi connectivity index (χ1) is 23.4. The van der Waals surface area contributed by atoms with E-state index in [1.807, 2.05) is 48.5 Å². The van der Waals surface area contributed by atoms with Crippen molar-refractivity contribution in [1.82, 2.24) is 8.75 Å². The van der Waals surface area contributed by atoms with Crippen LogP contribution in [0.5, 0.6) is 0 Å². The number of rotatable bonds is 10. The molecule has 0 N–H and O–H groups in total. The third kappa shape index (κ3) is 5.60. The van der Waals surface area contributed by atoms with Gasteiger partial charge in [-0.15, -0.1) is 22.7 Å². The standard InChI is InChI=1S/C34H24F2N4O4S4/c1-41-33(42-2)27(35)19-9-5-17(6-10-19)21-13-15-23(45-21)25-29-31(39-47-37-29)26(32-30(25)38-48-40-32)24-16-14-22(46-24)18-7-11-20(12-8-18)28(36)34(43-3)44-4/h5-16H,1-4H3. The normalized spacial score (nSPS) is 11.6. The average Bonchev–Trinajstić information content (AvgIpc) is 3.96. The molecule has 1 aliphatic rings. The van der Waals surface area contributed by atoms with Crippen LogP contribution in [0, 0.1) is 0 Å². The Labute approximate surface area is 289 Å². The Bertz CT molecular complexity index is 2130. The van der Waals surface area contributed by atoms with E-state index < -0.39 is 11.7 Å². The Morgan fingerprint density at radius 3 is 1.27 bits per heavy atom. The lowest BCUT2D eigenvalue weighted by Crippen LogP contribution is -1.93. The van der Waals surface area contributed by atoms with Crippen LogP contribution in [0.15, 0.2) is 93.4 Å². The van der Waals surface area contributed by atoms with Crippen LogP contribution >= 0.6 is 34.4 Å². The van der Waals surface area contributed by atoms with Gasteiger partial charge in [0.05, 0.1) is 51.5 Å². The Morgan fingerprint density at radius 2 is 0.896 bits per heavy atom. The van der Waals surface area contributed by atoms with Crippen molar-refractivity contribution in [2.45, 2.75) is 0 Å². The molecule has 0 saturated heterocycles. The highest BCUT2D eigenvalue weighted by molar-refractivity contribution is 7.58. The number of fused-ring (bicyclic) bond motifs is 2. The van der Waals surface area contributed by atoms with Gasteiger partial charge in [-0.25, -0.2) is 0 Å². The number of nitrogens with zero attached hydrogens (tertiary/aromatic N) is 4. The van der Waals surface area contributed by atoms with Crippen molar-refractivity contribution in [2.24, 2.45) is 8.73 Å². The monoisotopic (exact) mass is 718 g/mol. The molecule has 0 bridgehead atoms. The van der Waals surface area contributed by atoms with Crippen LogP contribution in [0.3, 0.4) is 0 Å². The van der Waals surface area contributed by atoms with E-state index in [9.17, 15) is 8.78 Å². The maximum Gasteiger partial charge on any atom is 0.316 e. The minimum atomic E-state index is -0.571. The minimum Gasteiger partial charge on any atom is -0.467 e. The summed E-state index contributed by atoms with van der Waals surface area (Å²) in [7, 11) is 5.44. The van der Waals surface area contributed by atoms with Crippen molar-refractivity contribution >= 4 is 79.8 Å². The first-order valence-corrected chi connectivity index (χ1v) is 17.3. The number of benzene rings is 3. The first kappa shape index (κ1) is 31.8. The summed E-state index contributed by atoms with van der Waals surface area (Å²) in [6.45, 7) is 0. The molecule has 0 unspecified atom stereocenters. The highest BCUT2D eigenvalue weighted by Crippen LogP contribution is 2.54. The molecule has 8 nitrogen and oxygen atoms in total. The molecule has 3 aromatic carbocycles. The molecular weight excluding hydrogens is 695 g/mol. The molecule has 6 aromatic rings. The van der Waals surface area contributed by atoms with E-state index in [1.165, 1.54) is 28.4 Å². The second kappa shape index (κ2) is 13.4. The summed E-state index contributed by atoms with van der Waals surface area (Å²) in [6, 6.07) is 22.4. The molecule has 0 fully saturated rings. The van der Waals surface area contributed by atoms with Crippen molar-refractivity contribution in [3.8, 4) is 41.8 Å². The van der Waals surface area contributed by atoms with Gasteiger partial charge in [-0.05, 0) is 35.4 Å². The van der Waals surface area contributed by atoms with Gasteiger partial charge < -0.3 is 18.9 Å². The van der Waals surface area contributed by atoms with Gasteiger partial charge in [-0.3, -0.25) is 0 Å². The summed E-state index contributed by atoms with van der Waals surface area (Å²) in [5, 5.41) is 0. The second-order valence-electron chi connectivity index (χ2n) is 10.2. The topological polar surface area (TPSA) is 87.4 Å². The van der Waals surface area contributed by atoms with Crippen LogP contribution in [0.2, 0.25) is 0 Å². The predicted octanol–water partition coefficient (Wildman–Crippen LogP) is 11.0. The van der Waals surface area contributed by atoms with E-state index in [0.717, 1.165) is 87.3 Å². The largest absolute Gasteiger partial charge is 0.467 e. The molecule has 242 valence electrons. The fraction of sp³-hybridized carbons (Fsp3) is 0.118. The van der Waals surface area contributed by atoms with Crippen molar-refractivity contribution in [1.29, 1.82) is 0 Å². The molecular formula is C34H24F2N4O4S4. The van der Waals surface area contributed by atoms with Crippen molar-refractivity contribution in [2.75, 3.05) is 28.4 Å². The number of aromatic nitrogens is 2. The molecule has 0 radical (unpaired) electrons. The third-order valence-electron chi connectivity index (χ3n) is 7.57. The van der Waals surface area contributed by atoms with Crippen molar-refractivity contribution < 1.29 is 27.7 Å². The van der Waals surface area contributed by atoms with Gasteiger partial charge in [0, 0.05) is 41.8 Å². The SMILES string of the molecule is COC(OC)=C(F)c1ccc(-c2ccc(-c3c4c(c(-c5ccc(-c6ccc(C(F)=C(OC)OC)cc6)s5)c5nsnc35)N=S=N4)s2)cc1. The molecule has 0 aliphatic carbocycles. The maximum absolute atomic E-state index is 14.7. The van der Waals surface area contributed by atoms with E-state index in [0.29, 0.717) is 11.1 Å². The zero-order chi connectivity index (χ0) is 33.4. The second-order valence-corrected chi connectivity index (χ2v) is 13.4. The van der Waals surface area contributed by atoms with Crippen LogP contribution in [0.1, 0.15) is 11.1 Å². The number of thiophene rings is 2. The quantitative estimate of drug-likeness (QED) is 0.131. The van der Waals surface area contributed by atoms with Crippen molar-refractivity contribution in [3.63, 3.8) is 0 Å². The van der Waals surface area contributed by atoms with Crippen molar-refractivity contribution in [3.05, 3.63) is 95.8 Å². The number of halogens is 2. The lowest BCUT2D eigenvalue weighted by atomic mass is 10.0. The molecule has 14 heteroatoms. The summed E-state index contributed by atoms with van der Waals surface area (Å²) in [5.41, 5.74) is 7.38. The minimum absolute atomic E-state index is 0.173. The first-order valence-electron chi connectivity index (χ1n) is 14.2. The summed E-state index contributed by atoms with van der Waals surface area (Å²) >= 11 is 5.48. The number of hydrogen-bond acceptors (Lipinski definition) is 11. The Kier molecular flexibility index (Phi) is 8.88. The van der Waals surface area contributed by atoms with Gasteiger partial charge in [-0.1, -0.05) is 48.5 Å². The number of methoxy groups -OCH3 is 4. The Morgan fingerprint density at radius 1 is 0.521 bits per heavy atom. The molecule has 7 rings (SSSR count). The van der Waals surface area contributed by atoms with Gasteiger partial charge in [0.2, 0.25) is 11.7 Å². The highest BCUT2D eigenvalue weighted by atomic mass is 32.1. The van der Waals surface area contributed by atoms with Gasteiger partial charge in [0.15, 0.2) is 0 Å². The molecule has 3 aromatic heterocycles. The zero-order valence-electron chi connectivity index (χ0n) is 25.7. The lowest BCUT2D eigenvalue weighted by Gasteiger charge is -2.09. The lowest BCUT2D eigenvalue weighted by molar-refractivity contribution is 0.0936. The van der Waals surface area contributed by atoms with Gasteiger partial charge in [0.1, 0.15) is 22.4 Å². The molecule has 0 spiro atoms. The van der Waals surface area contributed by atoms with Crippen LogP contribution in [0.4, 0.5) is 20.2 Å². The smallest absolute Gasteiger partial charge is 0.316 e.